The molecule has 0 saturated carbocycles. The highest BCUT2D eigenvalue weighted by atomic mass is 15.1. The van der Waals surface area contributed by atoms with Gasteiger partial charge in [0.15, 0.2) is 0 Å². The monoisotopic (exact) mass is 292 g/mol. The minimum Gasteiger partial charge on any atom is -0.321 e. The molecule has 0 aliphatic rings. The maximum absolute atomic E-state index is 4.91. The van der Waals surface area contributed by atoms with Crippen molar-refractivity contribution in [1.29, 1.82) is 0 Å². The van der Waals surface area contributed by atoms with E-state index in [2.05, 4.69) is 86.9 Å². The first-order valence-electron chi connectivity index (χ1n) is 7.96. The standard InChI is InChI=1S/C20H24N2/c1-15(16-10-6-5-7-11-16)22-18-13-9-8-12-17(18)21-19(22)14-20(2,3)4/h5-13,15H,14H2,1-4H3. The maximum Gasteiger partial charge on any atom is 0.110 e. The van der Waals surface area contributed by atoms with E-state index in [0.29, 0.717) is 0 Å². The highest BCUT2D eigenvalue weighted by Crippen LogP contribution is 2.29. The van der Waals surface area contributed by atoms with Crippen molar-refractivity contribution in [3.8, 4) is 0 Å². The van der Waals surface area contributed by atoms with Gasteiger partial charge >= 0.3 is 0 Å². The molecule has 1 unspecified atom stereocenters. The SMILES string of the molecule is CC(c1ccccc1)n1c(CC(C)(C)C)nc2ccccc21. The molecular weight excluding hydrogens is 268 g/mol. The molecule has 1 aromatic heterocycles. The molecular formula is C20H24N2. The highest BCUT2D eigenvalue weighted by molar-refractivity contribution is 5.76. The zero-order valence-electron chi connectivity index (χ0n) is 13.9. The Kier molecular flexibility index (Phi) is 3.78. The summed E-state index contributed by atoms with van der Waals surface area (Å²) >= 11 is 0. The average Bonchev–Trinajstić information content (AvgIpc) is 2.83. The summed E-state index contributed by atoms with van der Waals surface area (Å²) < 4.78 is 2.40. The van der Waals surface area contributed by atoms with Crippen LogP contribution in [0.4, 0.5) is 0 Å². The predicted molar refractivity (Wildman–Crippen MR) is 93.1 cm³/mol. The van der Waals surface area contributed by atoms with Crippen molar-refractivity contribution in [2.75, 3.05) is 0 Å². The molecule has 22 heavy (non-hydrogen) atoms. The van der Waals surface area contributed by atoms with Crippen LogP contribution in [0.3, 0.4) is 0 Å². The number of aromatic nitrogens is 2. The van der Waals surface area contributed by atoms with Crippen molar-refractivity contribution in [1.82, 2.24) is 9.55 Å². The van der Waals surface area contributed by atoms with E-state index >= 15 is 0 Å². The van der Waals surface area contributed by atoms with Crippen molar-refractivity contribution in [2.24, 2.45) is 5.41 Å². The van der Waals surface area contributed by atoms with E-state index in [0.717, 1.165) is 11.9 Å². The van der Waals surface area contributed by atoms with Crippen LogP contribution in [0, 0.1) is 5.41 Å². The summed E-state index contributed by atoms with van der Waals surface area (Å²) in [5, 5.41) is 0. The lowest BCUT2D eigenvalue weighted by Crippen LogP contribution is -2.17. The summed E-state index contributed by atoms with van der Waals surface area (Å²) in [7, 11) is 0. The zero-order chi connectivity index (χ0) is 15.7. The minimum atomic E-state index is 0.218. The average molecular weight is 292 g/mol. The van der Waals surface area contributed by atoms with Gasteiger partial charge in [-0.05, 0) is 30.0 Å². The van der Waals surface area contributed by atoms with E-state index in [9.17, 15) is 0 Å². The van der Waals surface area contributed by atoms with E-state index < -0.39 is 0 Å². The molecule has 2 heteroatoms. The number of hydrogen-bond acceptors (Lipinski definition) is 1. The van der Waals surface area contributed by atoms with Gasteiger partial charge in [0, 0.05) is 6.42 Å². The molecule has 1 heterocycles. The molecule has 2 nitrogen and oxygen atoms in total. The Morgan fingerprint density at radius 2 is 1.59 bits per heavy atom. The smallest absolute Gasteiger partial charge is 0.110 e. The lowest BCUT2D eigenvalue weighted by atomic mass is 9.91. The number of hydrogen-bond donors (Lipinski definition) is 0. The predicted octanol–water partition coefficient (Wildman–Crippen LogP) is 5.23. The van der Waals surface area contributed by atoms with Crippen LogP contribution in [0.15, 0.2) is 54.6 Å². The van der Waals surface area contributed by atoms with Crippen LogP contribution in [0.1, 0.15) is 45.1 Å². The Labute approximate surface area is 132 Å². The third-order valence-corrected chi connectivity index (χ3v) is 4.03. The number of imidazole rings is 1. The van der Waals surface area contributed by atoms with Gasteiger partial charge in [-0.3, -0.25) is 0 Å². The maximum atomic E-state index is 4.91. The van der Waals surface area contributed by atoms with E-state index in [1.807, 2.05) is 0 Å². The largest absolute Gasteiger partial charge is 0.321 e. The van der Waals surface area contributed by atoms with Gasteiger partial charge in [-0.15, -0.1) is 0 Å². The number of nitrogens with zero attached hydrogens (tertiary/aromatic N) is 2. The van der Waals surface area contributed by atoms with Crippen molar-refractivity contribution < 1.29 is 0 Å². The zero-order valence-corrected chi connectivity index (χ0v) is 13.9. The molecule has 3 aromatic rings. The summed E-state index contributed by atoms with van der Waals surface area (Å²) in [4.78, 5) is 4.91. The summed E-state index contributed by atoms with van der Waals surface area (Å²) in [5.41, 5.74) is 3.85. The van der Waals surface area contributed by atoms with Gasteiger partial charge < -0.3 is 4.57 Å². The molecule has 0 spiro atoms. The molecule has 0 radical (unpaired) electrons. The Hall–Kier alpha value is -2.09. The molecule has 0 fully saturated rings. The summed E-state index contributed by atoms with van der Waals surface area (Å²) in [6, 6.07) is 19.4. The molecule has 0 N–H and O–H groups in total. The summed E-state index contributed by atoms with van der Waals surface area (Å²) in [6.07, 6.45) is 0.971. The first-order chi connectivity index (χ1) is 10.5. The van der Waals surface area contributed by atoms with E-state index in [4.69, 9.17) is 4.98 Å². The fourth-order valence-electron chi connectivity index (χ4n) is 3.01. The van der Waals surface area contributed by atoms with E-state index in [1.165, 1.54) is 16.9 Å². The van der Waals surface area contributed by atoms with Crippen LogP contribution in [0.25, 0.3) is 11.0 Å². The topological polar surface area (TPSA) is 17.8 Å². The molecule has 1 atom stereocenters. The van der Waals surface area contributed by atoms with Crippen LogP contribution in [0.5, 0.6) is 0 Å². The molecule has 2 aromatic carbocycles. The Balaban J connectivity index is 2.15. The van der Waals surface area contributed by atoms with Crippen LogP contribution in [-0.2, 0) is 6.42 Å². The molecule has 3 rings (SSSR count). The van der Waals surface area contributed by atoms with Crippen LogP contribution >= 0.6 is 0 Å². The third kappa shape index (κ3) is 2.92. The van der Waals surface area contributed by atoms with E-state index in [-0.39, 0.29) is 11.5 Å². The van der Waals surface area contributed by atoms with Gasteiger partial charge in [0.05, 0.1) is 17.1 Å². The van der Waals surface area contributed by atoms with E-state index in [1.54, 1.807) is 0 Å². The van der Waals surface area contributed by atoms with Crippen molar-refractivity contribution in [3.05, 3.63) is 66.0 Å². The Morgan fingerprint density at radius 3 is 2.27 bits per heavy atom. The summed E-state index contributed by atoms with van der Waals surface area (Å²) in [5.74, 6) is 1.17. The Bertz CT molecular complexity index is 763. The van der Waals surface area contributed by atoms with Crippen LogP contribution in [0.2, 0.25) is 0 Å². The molecule has 0 amide bonds. The quantitative estimate of drug-likeness (QED) is 0.646. The fraction of sp³-hybridized carbons (Fsp3) is 0.350. The lowest BCUT2D eigenvalue weighted by Gasteiger charge is -2.22. The van der Waals surface area contributed by atoms with Crippen LogP contribution in [-0.4, -0.2) is 9.55 Å². The van der Waals surface area contributed by atoms with Gasteiger partial charge in [0.1, 0.15) is 5.82 Å². The van der Waals surface area contributed by atoms with Crippen LogP contribution < -0.4 is 0 Å². The first kappa shape index (κ1) is 14.8. The highest BCUT2D eigenvalue weighted by Gasteiger charge is 2.21. The number of rotatable bonds is 3. The number of benzene rings is 2. The van der Waals surface area contributed by atoms with Crippen molar-refractivity contribution in [3.63, 3.8) is 0 Å². The van der Waals surface area contributed by atoms with Crippen molar-refractivity contribution >= 4 is 11.0 Å². The van der Waals surface area contributed by atoms with Gasteiger partial charge in [-0.25, -0.2) is 4.98 Å². The normalized spacial score (nSPS) is 13.5. The fourth-order valence-corrected chi connectivity index (χ4v) is 3.01. The van der Waals surface area contributed by atoms with Gasteiger partial charge in [0.2, 0.25) is 0 Å². The van der Waals surface area contributed by atoms with Gasteiger partial charge in [-0.2, -0.15) is 0 Å². The molecule has 0 aliphatic heterocycles. The third-order valence-electron chi connectivity index (χ3n) is 4.03. The molecule has 0 saturated heterocycles. The second-order valence-electron chi connectivity index (χ2n) is 7.21. The van der Waals surface area contributed by atoms with Gasteiger partial charge in [-0.1, -0.05) is 63.2 Å². The second kappa shape index (κ2) is 5.60. The minimum absolute atomic E-state index is 0.218. The van der Waals surface area contributed by atoms with Crippen molar-refractivity contribution in [2.45, 2.75) is 40.2 Å². The number of fused-ring (bicyclic) bond motifs is 1. The van der Waals surface area contributed by atoms with Gasteiger partial charge in [0.25, 0.3) is 0 Å². The number of para-hydroxylation sites is 2. The Morgan fingerprint density at radius 1 is 0.955 bits per heavy atom. The first-order valence-corrected chi connectivity index (χ1v) is 7.96. The lowest BCUT2D eigenvalue weighted by molar-refractivity contribution is 0.390. The molecule has 0 aliphatic carbocycles. The second-order valence-corrected chi connectivity index (χ2v) is 7.21. The molecule has 0 bridgehead atoms. The molecule has 114 valence electrons. The summed E-state index contributed by atoms with van der Waals surface area (Å²) in [6.45, 7) is 9.06.